The minimum absolute atomic E-state index is 0.581. The van der Waals surface area contributed by atoms with Crippen LogP contribution in [0.3, 0.4) is 0 Å². The Balaban J connectivity index is 2.36. The van der Waals surface area contributed by atoms with Crippen molar-refractivity contribution in [2.75, 3.05) is 7.11 Å². The predicted octanol–water partition coefficient (Wildman–Crippen LogP) is 4.05. The largest absolute Gasteiger partial charge is 0.497 e. The van der Waals surface area contributed by atoms with Crippen LogP contribution >= 0.6 is 11.6 Å². The third-order valence-electron chi connectivity index (χ3n) is 3.45. The van der Waals surface area contributed by atoms with Crippen molar-refractivity contribution in [3.63, 3.8) is 0 Å². The zero-order valence-corrected chi connectivity index (χ0v) is 12.4. The molecule has 2 aromatic rings. The van der Waals surface area contributed by atoms with Crippen LogP contribution in [0.25, 0.3) is 0 Å². The summed E-state index contributed by atoms with van der Waals surface area (Å²) in [7, 11) is 1.63. The van der Waals surface area contributed by atoms with E-state index >= 15 is 0 Å². The summed E-state index contributed by atoms with van der Waals surface area (Å²) >= 11 is 6.23. The second kappa shape index (κ2) is 6.10. The van der Waals surface area contributed by atoms with E-state index in [0.29, 0.717) is 11.4 Å². The maximum absolute atomic E-state index is 11.6. The number of ether oxygens (including phenoxy) is 1. The number of aldehydes is 1. The molecule has 104 valence electrons. The zero-order chi connectivity index (χ0) is 14.6. The molecule has 2 rings (SSSR count). The van der Waals surface area contributed by atoms with Gasteiger partial charge >= 0.3 is 0 Å². The molecule has 0 aliphatic heterocycles. The molecule has 0 saturated heterocycles. The highest BCUT2D eigenvalue weighted by Crippen LogP contribution is 2.32. The molecule has 0 bridgehead atoms. The van der Waals surface area contributed by atoms with Gasteiger partial charge in [0.1, 0.15) is 12.0 Å². The van der Waals surface area contributed by atoms with Crippen LogP contribution in [0.4, 0.5) is 0 Å². The molecule has 1 unspecified atom stereocenters. The van der Waals surface area contributed by atoms with Gasteiger partial charge in [-0.1, -0.05) is 41.9 Å². The lowest BCUT2D eigenvalue weighted by Crippen LogP contribution is -2.27. The Kier molecular flexibility index (Phi) is 4.46. The van der Waals surface area contributed by atoms with Crippen molar-refractivity contribution in [1.82, 2.24) is 0 Å². The molecule has 0 saturated carbocycles. The van der Waals surface area contributed by atoms with Gasteiger partial charge in [0.25, 0.3) is 0 Å². The van der Waals surface area contributed by atoms with Crippen molar-refractivity contribution in [2.45, 2.75) is 18.8 Å². The van der Waals surface area contributed by atoms with Crippen molar-refractivity contribution < 1.29 is 9.53 Å². The van der Waals surface area contributed by atoms with Crippen LogP contribution in [0.5, 0.6) is 5.75 Å². The summed E-state index contributed by atoms with van der Waals surface area (Å²) in [6.07, 6.45) is 1.55. The second-order valence-corrected chi connectivity index (χ2v) is 5.45. The number of carbonyl (C=O) groups is 1. The van der Waals surface area contributed by atoms with E-state index in [9.17, 15) is 4.79 Å². The van der Waals surface area contributed by atoms with Gasteiger partial charge in [-0.15, -0.1) is 0 Å². The minimum atomic E-state index is -0.648. The highest BCUT2D eigenvalue weighted by Gasteiger charge is 2.28. The standard InChI is InChI=1S/C17H17ClO2/c1-17(12-19,15-8-3-4-9-16(15)18)11-13-6-5-7-14(10-13)20-2/h3-10,12H,11H2,1-2H3. The van der Waals surface area contributed by atoms with Gasteiger partial charge in [0.05, 0.1) is 12.5 Å². The van der Waals surface area contributed by atoms with Gasteiger partial charge in [-0.25, -0.2) is 0 Å². The first-order valence-electron chi connectivity index (χ1n) is 6.43. The maximum atomic E-state index is 11.6. The van der Waals surface area contributed by atoms with Crippen molar-refractivity contribution >= 4 is 17.9 Å². The molecule has 0 amide bonds. The van der Waals surface area contributed by atoms with Gasteiger partial charge in [0.2, 0.25) is 0 Å². The molecular formula is C17H17ClO2. The van der Waals surface area contributed by atoms with Crippen molar-refractivity contribution in [3.8, 4) is 5.75 Å². The van der Waals surface area contributed by atoms with E-state index in [1.807, 2.05) is 55.5 Å². The Morgan fingerprint density at radius 1 is 1.20 bits per heavy atom. The molecule has 0 aliphatic carbocycles. The second-order valence-electron chi connectivity index (χ2n) is 5.04. The topological polar surface area (TPSA) is 26.3 Å². The molecule has 0 aromatic heterocycles. The highest BCUT2D eigenvalue weighted by molar-refractivity contribution is 6.31. The Hall–Kier alpha value is -1.80. The van der Waals surface area contributed by atoms with E-state index < -0.39 is 5.41 Å². The molecule has 20 heavy (non-hydrogen) atoms. The minimum Gasteiger partial charge on any atom is -0.497 e. The summed E-state index contributed by atoms with van der Waals surface area (Å²) in [6.45, 7) is 1.90. The third-order valence-corrected chi connectivity index (χ3v) is 3.78. The molecule has 0 fully saturated rings. The van der Waals surface area contributed by atoms with Gasteiger partial charge in [-0.3, -0.25) is 0 Å². The maximum Gasteiger partial charge on any atom is 0.130 e. The van der Waals surface area contributed by atoms with Crippen LogP contribution in [-0.4, -0.2) is 13.4 Å². The molecule has 2 aromatic carbocycles. The summed E-state index contributed by atoms with van der Waals surface area (Å²) in [6, 6.07) is 15.2. The lowest BCUT2D eigenvalue weighted by Gasteiger charge is -2.25. The molecule has 0 heterocycles. The smallest absolute Gasteiger partial charge is 0.130 e. The predicted molar refractivity (Wildman–Crippen MR) is 81.6 cm³/mol. The van der Waals surface area contributed by atoms with Crippen LogP contribution in [0.1, 0.15) is 18.1 Å². The number of hydrogen-bond acceptors (Lipinski definition) is 2. The molecular weight excluding hydrogens is 272 g/mol. The Bertz CT molecular complexity index is 609. The molecule has 0 radical (unpaired) electrons. The first kappa shape index (κ1) is 14.6. The van der Waals surface area contributed by atoms with Gasteiger partial charge in [-0.2, -0.15) is 0 Å². The fourth-order valence-electron chi connectivity index (χ4n) is 2.33. The molecule has 2 nitrogen and oxygen atoms in total. The van der Waals surface area contributed by atoms with E-state index in [0.717, 1.165) is 23.2 Å². The molecule has 0 N–H and O–H groups in total. The fourth-order valence-corrected chi connectivity index (χ4v) is 2.68. The average molecular weight is 289 g/mol. The lowest BCUT2D eigenvalue weighted by molar-refractivity contribution is -0.112. The number of hydrogen-bond donors (Lipinski definition) is 0. The van der Waals surface area contributed by atoms with E-state index in [1.165, 1.54) is 0 Å². The van der Waals surface area contributed by atoms with Gasteiger partial charge in [-0.05, 0) is 42.7 Å². The van der Waals surface area contributed by atoms with E-state index in [-0.39, 0.29) is 0 Å². The summed E-state index contributed by atoms with van der Waals surface area (Å²) < 4.78 is 5.22. The zero-order valence-electron chi connectivity index (χ0n) is 11.6. The molecule has 0 spiro atoms. The third kappa shape index (κ3) is 3.02. The van der Waals surface area contributed by atoms with Crippen LogP contribution in [0.2, 0.25) is 5.02 Å². The van der Waals surface area contributed by atoms with Crippen LogP contribution < -0.4 is 4.74 Å². The summed E-state index contributed by atoms with van der Waals surface area (Å²) in [5.74, 6) is 0.787. The van der Waals surface area contributed by atoms with Gasteiger partial charge < -0.3 is 9.53 Å². The fraction of sp³-hybridized carbons (Fsp3) is 0.235. The van der Waals surface area contributed by atoms with E-state index in [4.69, 9.17) is 16.3 Å². The number of methoxy groups -OCH3 is 1. The molecule has 0 aliphatic rings. The van der Waals surface area contributed by atoms with Gasteiger partial charge in [0.15, 0.2) is 0 Å². The molecule has 3 heteroatoms. The first-order valence-corrected chi connectivity index (χ1v) is 6.81. The monoisotopic (exact) mass is 288 g/mol. The normalized spacial score (nSPS) is 13.6. The lowest BCUT2D eigenvalue weighted by atomic mass is 9.78. The Morgan fingerprint density at radius 2 is 1.95 bits per heavy atom. The van der Waals surface area contributed by atoms with Crippen LogP contribution in [0.15, 0.2) is 48.5 Å². The summed E-state index contributed by atoms with van der Waals surface area (Å²) in [5.41, 5.74) is 1.24. The Labute approximate surface area is 124 Å². The van der Waals surface area contributed by atoms with Crippen molar-refractivity contribution in [2.24, 2.45) is 0 Å². The number of halogens is 1. The van der Waals surface area contributed by atoms with Crippen molar-refractivity contribution in [3.05, 3.63) is 64.7 Å². The summed E-state index contributed by atoms with van der Waals surface area (Å²) in [4.78, 5) is 11.6. The number of carbonyl (C=O) groups excluding carboxylic acids is 1. The van der Waals surface area contributed by atoms with Crippen LogP contribution in [0, 0.1) is 0 Å². The number of rotatable bonds is 5. The quantitative estimate of drug-likeness (QED) is 0.776. The Morgan fingerprint density at radius 3 is 2.60 bits per heavy atom. The SMILES string of the molecule is COc1cccc(CC(C)(C=O)c2ccccc2Cl)c1. The van der Waals surface area contributed by atoms with E-state index in [1.54, 1.807) is 7.11 Å². The first-order chi connectivity index (χ1) is 9.59. The molecule has 1 atom stereocenters. The van der Waals surface area contributed by atoms with E-state index in [2.05, 4.69) is 0 Å². The highest BCUT2D eigenvalue weighted by atomic mass is 35.5. The average Bonchev–Trinajstić information content (AvgIpc) is 2.47. The van der Waals surface area contributed by atoms with Crippen molar-refractivity contribution in [1.29, 1.82) is 0 Å². The summed E-state index contributed by atoms with van der Waals surface area (Å²) in [5, 5.41) is 0.616. The number of benzene rings is 2. The van der Waals surface area contributed by atoms with Gasteiger partial charge in [0, 0.05) is 5.02 Å². The van der Waals surface area contributed by atoms with Crippen LogP contribution in [-0.2, 0) is 16.6 Å².